The standard InChI is InChI=1S/C28H26N3O6P/c1-17-12-18(2)29-22(17)14-24-27(36-3)15-23(30-24)26-13-19-8-5-7-11-25(19)31(26)28(32)21-10-6-4-9-20(21)16-37-38(33,34)35/h4-15,29H,16H2,1-3H3,(H2,33,34,35)/b24-14-. The molecule has 9 nitrogen and oxygen atoms in total. The van der Waals surface area contributed by atoms with E-state index in [1.807, 2.05) is 56.3 Å². The van der Waals surface area contributed by atoms with Gasteiger partial charge in [0.1, 0.15) is 11.5 Å². The van der Waals surface area contributed by atoms with Crippen LogP contribution in [0.25, 0.3) is 17.0 Å². The summed E-state index contributed by atoms with van der Waals surface area (Å²) in [6.07, 6.45) is 3.70. The SMILES string of the molecule is COC1=CC(c2cc3ccccc3n2C(=O)c2ccccc2COP(=O)(O)O)=N/C1=C\c1[nH]c(C)cc1C. The number of nitrogens with one attached hydrogen (secondary N) is 1. The quantitative estimate of drug-likeness (QED) is 0.280. The first-order chi connectivity index (χ1) is 18.1. The summed E-state index contributed by atoms with van der Waals surface area (Å²) in [6.45, 7) is 3.57. The molecule has 5 rings (SSSR count). The molecule has 3 N–H and O–H groups in total. The fraction of sp³-hybridized carbons (Fsp3) is 0.143. The van der Waals surface area contributed by atoms with Gasteiger partial charge in [0.2, 0.25) is 0 Å². The zero-order chi connectivity index (χ0) is 27.0. The lowest BCUT2D eigenvalue weighted by atomic mass is 10.1. The van der Waals surface area contributed by atoms with Crippen molar-refractivity contribution in [2.45, 2.75) is 20.5 Å². The van der Waals surface area contributed by atoms with Crippen molar-refractivity contribution in [3.05, 3.63) is 112 Å². The number of carbonyl (C=O) groups excluding carboxylic acids is 1. The van der Waals surface area contributed by atoms with Crippen LogP contribution in [0.4, 0.5) is 0 Å². The Labute approximate surface area is 219 Å². The molecule has 38 heavy (non-hydrogen) atoms. The number of nitrogens with zero attached hydrogens (tertiary/aromatic N) is 2. The molecule has 0 atom stereocenters. The van der Waals surface area contributed by atoms with Gasteiger partial charge in [-0.1, -0.05) is 36.4 Å². The molecule has 194 valence electrons. The predicted molar refractivity (Wildman–Crippen MR) is 145 cm³/mol. The van der Waals surface area contributed by atoms with Crippen molar-refractivity contribution in [2.75, 3.05) is 7.11 Å². The molecule has 10 heteroatoms. The van der Waals surface area contributed by atoms with E-state index in [1.54, 1.807) is 42.0 Å². The fourth-order valence-corrected chi connectivity index (χ4v) is 4.85. The maximum atomic E-state index is 14.0. The highest BCUT2D eigenvalue weighted by Crippen LogP contribution is 2.37. The van der Waals surface area contributed by atoms with Crippen molar-refractivity contribution in [3.63, 3.8) is 0 Å². The average molecular weight is 532 g/mol. The number of hydrogen-bond donors (Lipinski definition) is 3. The van der Waals surface area contributed by atoms with Crippen LogP contribution in [-0.4, -0.2) is 38.1 Å². The van der Waals surface area contributed by atoms with Gasteiger partial charge >= 0.3 is 7.82 Å². The number of ether oxygens (including phenoxy) is 1. The van der Waals surface area contributed by atoms with E-state index in [9.17, 15) is 19.1 Å². The summed E-state index contributed by atoms with van der Waals surface area (Å²) in [5.41, 5.74) is 6.02. The highest BCUT2D eigenvalue weighted by atomic mass is 31.2. The first-order valence-electron chi connectivity index (χ1n) is 11.8. The van der Waals surface area contributed by atoms with Crippen molar-refractivity contribution < 1.29 is 28.4 Å². The van der Waals surface area contributed by atoms with Gasteiger partial charge < -0.3 is 19.5 Å². The number of fused-ring (bicyclic) bond motifs is 1. The number of aliphatic imine (C=N–C) groups is 1. The Kier molecular flexibility index (Phi) is 6.77. The van der Waals surface area contributed by atoms with E-state index in [-0.39, 0.29) is 11.5 Å². The molecule has 3 heterocycles. The smallest absolute Gasteiger partial charge is 0.469 e. The van der Waals surface area contributed by atoms with Gasteiger partial charge in [0.05, 0.1) is 30.6 Å². The van der Waals surface area contributed by atoms with Crippen molar-refractivity contribution in [1.82, 2.24) is 9.55 Å². The number of aryl methyl sites for hydroxylation is 2. The summed E-state index contributed by atoms with van der Waals surface area (Å²) >= 11 is 0. The van der Waals surface area contributed by atoms with Crippen LogP contribution in [-0.2, 0) is 20.4 Å². The first kappa shape index (κ1) is 25.6. The van der Waals surface area contributed by atoms with Crippen LogP contribution in [0.3, 0.4) is 0 Å². The van der Waals surface area contributed by atoms with E-state index in [2.05, 4.69) is 4.98 Å². The number of carbonyl (C=O) groups is 1. The second-order valence-corrected chi connectivity index (χ2v) is 10.2. The second-order valence-electron chi connectivity index (χ2n) is 8.94. The van der Waals surface area contributed by atoms with Crippen LogP contribution in [0.5, 0.6) is 0 Å². The van der Waals surface area contributed by atoms with Gasteiger partial charge in [0.25, 0.3) is 5.91 Å². The van der Waals surface area contributed by atoms with Gasteiger partial charge in [0, 0.05) is 28.4 Å². The molecule has 1 aliphatic rings. The van der Waals surface area contributed by atoms with Crippen LogP contribution in [0.15, 0.2) is 83.2 Å². The minimum Gasteiger partial charge on any atom is -0.494 e. The fourth-order valence-electron chi connectivity index (χ4n) is 4.54. The van der Waals surface area contributed by atoms with Crippen molar-refractivity contribution >= 4 is 36.4 Å². The van der Waals surface area contributed by atoms with E-state index in [4.69, 9.17) is 14.3 Å². The number of para-hydroxylation sites is 1. The second kappa shape index (κ2) is 10.0. The lowest BCUT2D eigenvalue weighted by Gasteiger charge is -2.13. The Hall–Kier alpha value is -4.01. The van der Waals surface area contributed by atoms with Crippen molar-refractivity contribution in [2.24, 2.45) is 4.99 Å². The molecule has 0 amide bonds. The van der Waals surface area contributed by atoms with Gasteiger partial charge in [-0.05, 0) is 55.3 Å². The highest BCUT2D eigenvalue weighted by Gasteiger charge is 2.26. The number of H-pyrrole nitrogens is 1. The summed E-state index contributed by atoms with van der Waals surface area (Å²) in [5, 5.41) is 0.836. The van der Waals surface area contributed by atoms with Crippen LogP contribution in [0.2, 0.25) is 0 Å². The zero-order valence-electron chi connectivity index (χ0n) is 21.0. The third-order valence-electron chi connectivity index (χ3n) is 6.26. The minimum atomic E-state index is -4.72. The molecule has 1 aliphatic heterocycles. The third kappa shape index (κ3) is 5.05. The van der Waals surface area contributed by atoms with Gasteiger partial charge in [-0.3, -0.25) is 13.9 Å². The number of aromatic amines is 1. The highest BCUT2D eigenvalue weighted by molar-refractivity contribution is 7.46. The van der Waals surface area contributed by atoms with Gasteiger partial charge in [-0.25, -0.2) is 9.56 Å². The molecule has 0 fully saturated rings. The molecule has 0 radical (unpaired) electrons. The van der Waals surface area contributed by atoms with Crippen LogP contribution < -0.4 is 0 Å². The monoisotopic (exact) mass is 531 g/mol. The number of methoxy groups -OCH3 is 1. The number of phosphoric acid groups is 1. The number of hydrogen-bond acceptors (Lipinski definition) is 5. The molecule has 0 saturated heterocycles. The van der Waals surface area contributed by atoms with E-state index in [0.29, 0.717) is 33.9 Å². The number of aromatic nitrogens is 2. The molecule has 0 bridgehead atoms. The maximum Gasteiger partial charge on any atom is 0.469 e. The summed E-state index contributed by atoms with van der Waals surface area (Å²) in [4.78, 5) is 40.5. The Bertz CT molecular complexity index is 1700. The van der Waals surface area contributed by atoms with E-state index >= 15 is 0 Å². The van der Waals surface area contributed by atoms with Crippen LogP contribution >= 0.6 is 7.82 Å². The molecule has 0 unspecified atom stereocenters. The zero-order valence-corrected chi connectivity index (χ0v) is 21.9. The molecular formula is C28H26N3O6P. The third-order valence-corrected chi connectivity index (χ3v) is 6.73. The Morgan fingerprint density at radius 3 is 2.55 bits per heavy atom. The van der Waals surface area contributed by atoms with E-state index in [1.165, 1.54) is 0 Å². The first-order valence-corrected chi connectivity index (χ1v) is 13.3. The summed E-state index contributed by atoms with van der Waals surface area (Å²) in [7, 11) is -3.15. The number of benzene rings is 2. The number of phosphoric ester groups is 1. The van der Waals surface area contributed by atoms with Crippen molar-refractivity contribution in [1.29, 1.82) is 0 Å². The molecule has 0 spiro atoms. The van der Waals surface area contributed by atoms with E-state index < -0.39 is 14.4 Å². The van der Waals surface area contributed by atoms with Crippen molar-refractivity contribution in [3.8, 4) is 0 Å². The predicted octanol–water partition coefficient (Wildman–Crippen LogP) is 5.26. The Morgan fingerprint density at radius 1 is 1.11 bits per heavy atom. The number of allylic oxidation sites excluding steroid dienone is 1. The lowest BCUT2D eigenvalue weighted by molar-refractivity contribution is 0.0960. The van der Waals surface area contributed by atoms with Crippen LogP contribution in [0.1, 0.15) is 38.6 Å². The lowest BCUT2D eigenvalue weighted by Crippen LogP contribution is -2.19. The van der Waals surface area contributed by atoms with Gasteiger partial charge in [0.15, 0.2) is 0 Å². The largest absolute Gasteiger partial charge is 0.494 e. The maximum absolute atomic E-state index is 14.0. The Morgan fingerprint density at radius 2 is 1.84 bits per heavy atom. The molecule has 4 aromatic rings. The molecule has 0 aliphatic carbocycles. The Balaban J connectivity index is 1.63. The summed E-state index contributed by atoms with van der Waals surface area (Å²) in [6, 6.07) is 18.0. The summed E-state index contributed by atoms with van der Waals surface area (Å²) in [5.74, 6) is 0.181. The molecule has 2 aromatic heterocycles. The topological polar surface area (TPSA) is 126 Å². The average Bonchev–Trinajstić information content (AvgIpc) is 3.56. The normalized spacial score (nSPS) is 14.7. The van der Waals surface area contributed by atoms with Gasteiger partial charge in [-0.15, -0.1) is 0 Å². The molecular weight excluding hydrogens is 505 g/mol. The number of rotatable bonds is 7. The van der Waals surface area contributed by atoms with Gasteiger partial charge in [-0.2, -0.15) is 0 Å². The van der Waals surface area contributed by atoms with E-state index in [0.717, 1.165) is 22.3 Å². The molecule has 2 aromatic carbocycles. The van der Waals surface area contributed by atoms with Crippen LogP contribution in [0, 0.1) is 13.8 Å². The minimum absolute atomic E-state index is 0.256. The summed E-state index contributed by atoms with van der Waals surface area (Å²) < 4.78 is 23.2. The molecule has 0 saturated carbocycles.